The molecule has 0 aliphatic heterocycles. The first kappa shape index (κ1) is 10.4. The summed E-state index contributed by atoms with van der Waals surface area (Å²) >= 11 is 0. The first-order chi connectivity index (χ1) is 6.56. The van der Waals surface area contributed by atoms with Crippen molar-refractivity contribution >= 4 is 5.69 Å². The van der Waals surface area contributed by atoms with E-state index in [-0.39, 0.29) is 5.69 Å². The Balaban J connectivity index is 3.28. The van der Waals surface area contributed by atoms with Gasteiger partial charge in [0.15, 0.2) is 0 Å². The van der Waals surface area contributed by atoms with E-state index in [1.165, 1.54) is 12.1 Å². The summed E-state index contributed by atoms with van der Waals surface area (Å²) in [4.78, 5) is 10.3. The Morgan fingerprint density at radius 3 is 2.79 bits per heavy atom. The van der Waals surface area contributed by atoms with Gasteiger partial charge in [-0.05, 0) is 18.6 Å². The highest BCUT2D eigenvalue weighted by Gasteiger charge is 2.16. The number of benzene rings is 1. The third kappa shape index (κ3) is 1.97. The standard InChI is InChI=1S/C10H12N2O2/c1-3-9(11)8-5-4-7(2)6-10(8)12(13)14/h3-6,9H,1,11H2,2H3. The molecule has 4 heteroatoms. The summed E-state index contributed by atoms with van der Waals surface area (Å²) in [5.74, 6) is 0. The molecule has 0 bridgehead atoms. The number of nitro benzene ring substituents is 1. The fourth-order valence-corrected chi connectivity index (χ4v) is 1.22. The van der Waals surface area contributed by atoms with E-state index >= 15 is 0 Å². The number of hydrogen-bond acceptors (Lipinski definition) is 3. The van der Waals surface area contributed by atoms with Crippen LogP contribution in [0.25, 0.3) is 0 Å². The predicted octanol–water partition coefficient (Wildman–Crippen LogP) is 2.09. The molecule has 0 saturated heterocycles. The van der Waals surface area contributed by atoms with Gasteiger partial charge in [0.25, 0.3) is 5.69 Å². The van der Waals surface area contributed by atoms with E-state index in [2.05, 4.69) is 6.58 Å². The van der Waals surface area contributed by atoms with Crippen LogP contribution < -0.4 is 5.73 Å². The van der Waals surface area contributed by atoms with Gasteiger partial charge in [0.05, 0.1) is 16.5 Å². The molecular weight excluding hydrogens is 180 g/mol. The second-order valence-corrected chi connectivity index (χ2v) is 3.08. The average Bonchev–Trinajstić information content (AvgIpc) is 2.16. The lowest BCUT2D eigenvalue weighted by atomic mass is 10.0. The fourth-order valence-electron chi connectivity index (χ4n) is 1.22. The lowest BCUT2D eigenvalue weighted by Crippen LogP contribution is -2.09. The van der Waals surface area contributed by atoms with Gasteiger partial charge >= 0.3 is 0 Å². The van der Waals surface area contributed by atoms with Gasteiger partial charge in [0.2, 0.25) is 0 Å². The predicted molar refractivity (Wildman–Crippen MR) is 55.0 cm³/mol. The molecule has 1 unspecified atom stereocenters. The largest absolute Gasteiger partial charge is 0.321 e. The molecule has 0 aliphatic carbocycles. The lowest BCUT2D eigenvalue weighted by molar-refractivity contribution is -0.385. The third-order valence-electron chi connectivity index (χ3n) is 2.00. The van der Waals surface area contributed by atoms with Crippen LogP contribution >= 0.6 is 0 Å². The molecule has 0 amide bonds. The molecule has 0 spiro atoms. The van der Waals surface area contributed by atoms with Gasteiger partial charge in [0, 0.05) is 6.07 Å². The van der Waals surface area contributed by atoms with Crippen LogP contribution in [0.3, 0.4) is 0 Å². The normalized spacial score (nSPS) is 12.1. The van der Waals surface area contributed by atoms with Crippen LogP contribution in [0.2, 0.25) is 0 Å². The number of aryl methyl sites for hydroxylation is 1. The Hall–Kier alpha value is -1.68. The highest BCUT2D eigenvalue weighted by molar-refractivity contribution is 5.45. The molecule has 2 N–H and O–H groups in total. The van der Waals surface area contributed by atoms with Crippen LogP contribution in [-0.2, 0) is 0 Å². The highest BCUT2D eigenvalue weighted by atomic mass is 16.6. The second kappa shape index (κ2) is 4.02. The van der Waals surface area contributed by atoms with Crippen molar-refractivity contribution in [3.8, 4) is 0 Å². The Kier molecular flexibility index (Phi) is 2.99. The summed E-state index contributed by atoms with van der Waals surface area (Å²) in [7, 11) is 0. The average molecular weight is 192 g/mol. The maximum atomic E-state index is 10.7. The van der Waals surface area contributed by atoms with Gasteiger partial charge in [0.1, 0.15) is 0 Å². The quantitative estimate of drug-likeness (QED) is 0.453. The van der Waals surface area contributed by atoms with Crippen LogP contribution in [0.5, 0.6) is 0 Å². The van der Waals surface area contributed by atoms with Gasteiger partial charge < -0.3 is 5.73 Å². The van der Waals surface area contributed by atoms with Crippen molar-refractivity contribution < 1.29 is 4.92 Å². The number of rotatable bonds is 3. The van der Waals surface area contributed by atoms with Crippen molar-refractivity contribution in [1.82, 2.24) is 0 Å². The van der Waals surface area contributed by atoms with Crippen molar-refractivity contribution in [2.75, 3.05) is 0 Å². The second-order valence-electron chi connectivity index (χ2n) is 3.08. The lowest BCUT2D eigenvalue weighted by Gasteiger charge is -2.07. The molecule has 14 heavy (non-hydrogen) atoms. The summed E-state index contributed by atoms with van der Waals surface area (Å²) in [6.07, 6.45) is 1.48. The first-order valence-electron chi connectivity index (χ1n) is 4.19. The maximum Gasteiger partial charge on any atom is 0.274 e. The monoisotopic (exact) mass is 192 g/mol. The van der Waals surface area contributed by atoms with E-state index in [4.69, 9.17) is 5.73 Å². The molecule has 0 saturated carbocycles. The molecule has 0 aromatic heterocycles. The summed E-state index contributed by atoms with van der Waals surface area (Å²) in [5.41, 5.74) is 7.05. The Labute approximate surface area is 82.2 Å². The molecule has 1 atom stereocenters. The Morgan fingerprint density at radius 1 is 1.64 bits per heavy atom. The van der Waals surface area contributed by atoms with Crippen LogP contribution in [0, 0.1) is 17.0 Å². The minimum Gasteiger partial charge on any atom is -0.321 e. The zero-order valence-electron chi connectivity index (χ0n) is 7.93. The van der Waals surface area contributed by atoms with Crippen molar-refractivity contribution in [3.05, 3.63) is 52.1 Å². The van der Waals surface area contributed by atoms with Crippen molar-refractivity contribution in [2.24, 2.45) is 5.73 Å². The van der Waals surface area contributed by atoms with E-state index in [0.29, 0.717) is 5.56 Å². The maximum absolute atomic E-state index is 10.7. The third-order valence-corrected chi connectivity index (χ3v) is 2.00. The van der Waals surface area contributed by atoms with E-state index < -0.39 is 11.0 Å². The molecule has 1 aromatic carbocycles. The zero-order chi connectivity index (χ0) is 10.7. The van der Waals surface area contributed by atoms with Gasteiger partial charge in [-0.2, -0.15) is 0 Å². The zero-order valence-corrected chi connectivity index (χ0v) is 7.93. The topological polar surface area (TPSA) is 69.2 Å². The smallest absolute Gasteiger partial charge is 0.274 e. The van der Waals surface area contributed by atoms with E-state index in [1.54, 1.807) is 19.1 Å². The van der Waals surface area contributed by atoms with E-state index in [1.807, 2.05) is 0 Å². The molecule has 0 radical (unpaired) electrons. The SMILES string of the molecule is C=CC(N)c1ccc(C)cc1[N+](=O)[O-]. The number of hydrogen-bond donors (Lipinski definition) is 1. The number of nitrogens with zero attached hydrogens (tertiary/aromatic N) is 1. The molecule has 4 nitrogen and oxygen atoms in total. The van der Waals surface area contributed by atoms with Crippen LogP contribution in [-0.4, -0.2) is 4.92 Å². The molecule has 1 rings (SSSR count). The molecule has 0 fully saturated rings. The summed E-state index contributed by atoms with van der Waals surface area (Å²) < 4.78 is 0. The molecule has 0 heterocycles. The van der Waals surface area contributed by atoms with Crippen molar-refractivity contribution in [2.45, 2.75) is 13.0 Å². The Bertz CT molecular complexity index is 374. The van der Waals surface area contributed by atoms with Crippen molar-refractivity contribution in [3.63, 3.8) is 0 Å². The highest BCUT2D eigenvalue weighted by Crippen LogP contribution is 2.25. The van der Waals surface area contributed by atoms with Gasteiger partial charge in [-0.25, -0.2) is 0 Å². The fraction of sp³-hybridized carbons (Fsp3) is 0.200. The van der Waals surface area contributed by atoms with Crippen molar-refractivity contribution in [1.29, 1.82) is 0 Å². The van der Waals surface area contributed by atoms with Gasteiger partial charge in [-0.15, -0.1) is 6.58 Å². The summed E-state index contributed by atoms with van der Waals surface area (Å²) in [5, 5.41) is 10.7. The van der Waals surface area contributed by atoms with E-state index in [0.717, 1.165) is 5.56 Å². The first-order valence-corrected chi connectivity index (χ1v) is 4.19. The minimum absolute atomic E-state index is 0.0531. The summed E-state index contributed by atoms with van der Waals surface area (Å²) in [6.45, 7) is 5.31. The van der Waals surface area contributed by atoms with Gasteiger partial charge in [-0.1, -0.05) is 12.1 Å². The van der Waals surface area contributed by atoms with Gasteiger partial charge in [-0.3, -0.25) is 10.1 Å². The van der Waals surface area contributed by atoms with Crippen LogP contribution in [0.1, 0.15) is 17.2 Å². The number of nitro groups is 1. The Morgan fingerprint density at radius 2 is 2.29 bits per heavy atom. The molecule has 0 aliphatic rings. The molecular formula is C10H12N2O2. The molecule has 1 aromatic rings. The van der Waals surface area contributed by atoms with Crippen LogP contribution in [0.4, 0.5) is 5.69 Å². The van der Waals surface area contributed by atoms with E-state index in [9.17, 15) is 10.1 Å². The summed E-state index contributed by atoms with van der Waals surface area (Å²) in [6, 6.07) is 4.49. The number of nitrogens with two attached hydrogens (primary N) is 1. The molecule has 74 valence electrons. The minimum atomic E-state index is -0.490. The van der Waals surface area contributed by atoms with Crippen LogP contribution in [0.15, 0.2) is 30.9 Å².